The van der Waals surface area contributed by atoms with Crippen LogP contribution in [0.15, 0.2) is 30.3 Å². The molecule has 2 atom stereocenters. The predicted molar refractivity (Wildman–Crippen MR) is 91.3 cm³/mol. The Morgan fingerprint density at radius 3 is 2.73 bits per heavy atom. The van der Waals surface area contributed by atoms with Crippen molar-refractivity contribution in [3.8, 4) is 0 Å². The summed E-state index contributed by atoms with van der Waals surface area (Å²) in [7, 11) is -4.24. The average molecular weight is 389 g/mol. The fourth-order valence-corrected chi connectivity index (χ4v) is 2.90. The van der Waals surface area contributed by atoms with E-state index in [1.54, 1.807) is 13.8 Å². The van der Waals surface area contributed by atoms with Crippen LogP contribution in [0.2, 0.25) is 0 Å². The lowest BCUT2D eigenvalue weighted by Crippen LogP contribution is -2.28. The number of phosphoric ester groups is 1. The second-order valence-electron chi connectivity index (χ2n) is 6.04. The monoisotopic (exact) mass is 389 g/mol. The van der Waals surface area contributed by atoms with Gasteiger partial charge in [-0.1, -0.05) is 30.3 Å². The van der Waals surface area contributed by atoms with Crippen LogP contribution in [-0.4, -0.2) is 49.2 Å². The van der Waals surface area contributed by atoms with Crippen LogP contribution in [0.4, 0.5) is 4.79 Å². The standard InChI is InChI=1S/C16H24NO8P/c1-16(2)22-11-14(25-16)12-24-26(19,20)23-9-8-17-15(18)21-10-13-6-4-3-5-7-13/h3-7,14H,8-12H2,1-2H3,(H,17,18)(H,19,20). The van der Waals surface area contributed by atoms with Gasteiger partial charge >= 0.3 is 13.9 Å². The van der Waals surface area contributed by atoms with Gasteiger partial charge in [0, 0.05) is 6.54 Å². The molecule has 146 valence electrons. The summed E-state index contributed by atoms with van der Waals surface area (Å²) in [6.07, 6.45) is -1.09. The predicted octanol–water partition coefficient (Wildman–Crippen LogP) is 2.20. The maximum absolute atomic E-state index is 11.8. The van der Waals surface area contributed by atoms with E-state index in [0.29, 0.717) is 0 Å². The molecule has 1 aromatic rings. The fourth-order valence-electron chi connectivity index (χ4n) is 2.15. The van der Waals surface area contributed by atoms with E-state index in [1.807, 2.05) is 30.3 Å². The van der Waals surface area contributed by atoms with Crippen molar-refractivity contribution in [2.75, 3.05) is 26.4 Å². The number of alkyl carbamates (subject to hydrolysis) is 1. The molecule has 1 aromatic carbocycles. The first-order valence-electron chi connectivity index (χ1n) is 8.14. The van der Waals surface area contributed by atoms with Gasteiger partial charge in [-0.3, -0.25) is 9.05 Å². The number of rotatable bonds is 9. The van der Waals surface area contributed by atoms with Crippen LogP contribution in [0.25, 0.3) is 0 Å². The van der Waals surface area contributed by atoms with Gasteiger partial charge in [-0.2, -0.15) is 0 Å². The fraction of sp³-hybridized carbons (Fsp3) is 0.562. The first-order chi connectivity index (χ1) is 12.3. The summed E-state index contributed by atoms with van der Waals surface area (Å²) in [6, 6.07) is 9.20. The third-order valence-electron chi connectivity index (χ3n) is 3.33. The van der Waals surface area contributed by atoms with Crippen LogP contribution in [0.5, 0.6) is 0 Å². The largest absolute Gasteiger partial charge is 0.472 e. The second kappa shape index (κ2) is 9.45. The van der Waals surface area contributed by atoms with E-state index in [4.69, 9.17) is 23.3 Å². The first-order valence-corrected chi connectivity index (χ1v) is 9.63. The summed E-state index contributed by atoms with van der Waals surface area (Å²) in [4.78, 5) is 21.1. The lowest BCUT2D eigenvalue weighted by Gasteiger charge is -2.18. The lowest BCUT2D eigenvalue weighted by molar-refractivity contribution is -0.142. The van der Waals surface area contributed by atoms with Crippen LogP contribution in [-0.2, 0) is 34.4 Å². The molecule has 2 N–H and O–H groups in total. The number of ether oxygens (including phenoxy) is 3. The Balaban J connectivity index is 1.56. The highest BCUT2D eigenvalue weighted by atomic mass is 31.2. The second-order valence-corrected chi connectivity index (χ2v) is 7.49. The summed E-state index contributed by atoms with van der Waals surface area (Å²) in [5, 5.41) is 2.41. The minimum atomic E-state index is -4.24. The van der Waals surface area contributed by atoms with Gasteiger partial charge in [0.25, 0.3) is 0 Å². The number of carbonyl (C=O) groups excluding carboxylic acids is 1. The van der Waals surface area contributed by atoms with E-state index in [2.05, 4.69) is 5.32 Å². The van der Waals surface area contributed by atoms with Crippen molar-refractivity contribution in [2.24, 2.45) is 0 Å². The highest BCUT2D eigenvalue weighted by Crippen LogP contribution is 2.43. The number of phosphoric acid groups is 1. The summed E-state index contributed by atoms with van der Waals surface area (Å²) in [6.45, 7) is 3.54. The van der Waals surface area contributed by atoms with Crippen molar-refractivity contribution in [1.29, 1.82) is 0 Å². The molecule has 1 aliphatic rings. The summed E-state index contributed by atoms with van der Waals surface area (Å²) in [5.74, 6) is -0.738. The van der Waals surface area contributed by atoms with Crippen LogP contribution in [0.1, 0.15) is 19.4 Å². The van der Waals surface area contributed by atoms with Crippen molar-refractivity contribution in [3.63, 3.8) is 0 Å². The van der Waals surface area contributed by atoms with Crippen molar-refractivity contribution >= 4 is 13.9 Å². The summed E-state index contributed by atoms with van der Waals surface area (Å²) < 4.78 is 37.2. The highest BCUT2D eigenvalue weighted by Gasteiger charge is 2.34. The molecular formula is C16H24NO8P. The number of amides is 1. The quantitative estimate of drug-likeness (QED) is 0.488. The van der Waals surface area contributed by atoms with E-state index in [1.165, 1.54) is 0 Å². The molecule has 2 unspecified atom stereocenters. The van der Waals surface area contributed by atoms with Gasteiger partial charge in [0.1, 0.15) is 12.7 Å². The average Bonchev–Trinajstić information content (AvgIpc) is 2.95. The normalized spacial score (nSPS) is 21.1. The van der Waals surface area contributed by atoms with Crippen molar-refractivity contribution < 1.29 is 37.5 Å². The number of carbonyl (C=O) groups is 1. The molecule has 0 spiro atoms. The van der Waals surface area contributed by atoms with Gasteiger partial charge in [-0.25, -0.2) is 9.36 Å². The molecule has 0 aliphatic carbocycles. The minimum absolute atomic E-state index is 0.00238. The first kappa shape index (κ1) is 20.8. The Morgan fingerprint density at radius 2 is 2.08 bits per heavy atom. The van der Waals surface area contributed by atoms with Crippen molar-refractivity contribution in [2.45, 2.75) is 32.3 Å². The Hall–Kier alpha value is -1.48. The zero-order valence-electron chi connectivity index (χ0n) is 14.8. The molecule has 9 nitrogen and oxygen atoms in total. The van der Waals surface area contributed by atoms with Gasteiger partial charge < -0.3 is 24.4 Å². The molecule has 1 heterocycles. The molecule has 1 saturated heterocycles. The zero-order chi connectivity index (χ0) is 19.0. The molecule has 10 heteroatoms. The molecule has 0 radical (unpaired) electrons. The molecule has 0 saturated carbocycles. The lowest BCUT2D eigenvalue weighted by atomic mass is 10.2. The summed E-state index contributed by atoms with van der Waals surface area (Å²) in [5.41, 5.74) is 0.855. The van der Waals surface area contributed by atoms with E-state index in [-0.39, 0.29) is 33.0 Å². The smallest absolute Gasteiger partial charge is 0.445 e. The van der Waals surface area contributed by atoms with E-state index < -0.39 is 25.8 Å². The molecule has 1 fully saturated rings. The number of hydrogen-bond donors (Lipinski definition) is 2. The van der Waals surface area contributed by atoms with Gasteiger partial charge in [0.2, 0.25) is 0 Å². The van der Waals surface area contributed by atoms with E-state index in [9.17, 15) is 14.3 Å². The number of benzene rings is 1. The topological polar surface area (TPSA) is 113 Å². The summed E-state index contributed by atoms with van der Waals surface area (Å²) >= 11 is 0. The van der Waals surface area contributed by atoms with Crippen LogP contribution in [0, 0.1) is 0 Å². The number of hydrogen-bond acceptors (Lipinski definition) is 7. The minimum Gasteiger partial charge on any atom is -0.445 e. The third kappa shape index (κ3) is 7.82. The Labute approximate surface area is 152 Å². The van der Waals surface area contributed by atoms with Gasteiger partial charge in [0.15, 0.2) is 5.79 Å². The van der Waals surface area contributed by atoms with Crippen molar-refractivity contribution in [3.05, 3.63) is 35.9 Å². The maximum Gasteiger partial charge on any atom is 0.472 e. The van der Waals surface area contributed by atoms with Crippen LogP contribution >= 0.6 is 7.82 Å². The third-order valence-corrected chi connectivity index (χ3v) is 4.31. The molecular weight excluding hydrogens is 365 g/mol. The zero-order valence-corrected chi connectivity index (χ0v) is 15.6. The van der Waals surface area contributed by atoms with E-state index in [0.717, 1.165) is 5.56 Å². The van der Waals surface area contributed by atoms with Crippen LogP contribution < -0.4 is 5.32 Å². The Bertz CT molecular complexity index is 624. The van der Waals surface area contributed by atoms with Crippen molar-refractivity contribution in [1.82, 2.24) is 5.32 Å². The van der Waals surface area contributed by atoms with Gasteiger partial charge in [-0.15, -0.1) is 0 Å². The molecule has 0 aromatic heterocycles. The SMILES string of the molecule is CC1(C)OCC(COP(=O)(O)OCCNC(=O)OCc2ccccc2)O1. The Morgan fingerprint density at radius 1 is 1.35 bits per heavy atom. The van der Waals surface area contributed by atoms with Gasteiger partial charge in [0.05, 0.1) is 19.8 Å². The molecule has 1 amide bonds. The van der Waals surface area contributed by atoms with Gasteiger partial charge in [-0.05, 0) is 19.4 Å². The molecule has 2 rings (SSSR count). The molecule has 0 bridgehead atoms. The number of nitrogens with one attached hydrogen (secondary N) is 1. The van der Waals surface area contributed by atoms with E-state index >= 15 is 0 Å². The molecule has 1 aliphatic heterocycles. The highest BCUT2D eigenvalue weighted by molar-refractivity contribution is 7.47. The maximum atomic E-state index is 11.8. The molecule has 26 heavy (non-hydrogen) atoms. The Kier molecular flexibility index (Phi) is 7.57. The van der Waals surface area contributed by atoms with Crippen LogP contribution in [0.3, 0.4) is 0 Å².